The number of aromatic nitrogens is 3. The van der Waals surface area contributed by atoms with Gasteiger partial charge in [-0.2, -0.15) is 5.10 Å². The van der Waals surface area contributed by atoms with E-state index in [-0.39, 0.29) is 0 Å². The highest BCUT2D eigenvalue weighted by molar-refractivity contribution is 7.16. The van der Waals surface area contributed by atoms with E-state index in [2.05, 4.69) is 10.1 Å². The predicted molar refractivity (Wildman–Crippen MR) is 53.5 cm³/mol. The summed E-state index contributed by atoms with van der Waals surface area (Å²) < 4.78 is 1.74. The Balaban J connectivity index is 2.51. The van der Waals surface area contributed by atoms with Gasteiger partial charge in [-0.1, -0.05) is 0 Å². The van der Waals surface area contributed by atoms with Gasteiger partial charge in [-0.15, -0.1) is 11.3 Å². The fourth-order valence-corrected chi connectivity index (χ4v) is 1.91. The summed E-state index contributed by atoms with van der Waals surface area (Å²) in [5.74, 6) is 0. The predicted octanol–water partition coefficient (Wildman–Crippen LogP) is 1.43. The van der Waals surface area contributed by atoms with Crippen molar-refractivity contribution in [2.45, 2.75) is 6.92 Å². The summed E-state index contributed by atoms with van der Waals surface area (Å²) in [5.41, 5.74) is 7.62. The highest BCUT2D eigenvalue weighted by Gasteiger charge is 2.09. The molecule has 0 aromatic carbocycles. The average molecular weight is 194 g/mol. The van der Waals surface area contributed by atoms with Gasteiger partial charge in [0, 0.05) is 18.8 Å². The first-order valence-electron chi connectivity index (χ1n) is 3.89. The molecule has 0 bridgehead atoms. The van der Waals surface area contributed by atoms with Crippen LogP contribution in [-0.2, 0) is 7.05 Å². The molecular formula is C8H10N4S. The Hall–Kier alpha value is -1.36. The molecule has 0 radical (unpaired) electrons. The molecule has 0 fully saturated rings. The van der Waals surface area contributed by atoms with Gasteiger partial charge < -0.3 is 5.73 Å². The van der Waals surface area contributed by atoms with Crippen LogP contribution < -0.4 is 5.73 Å². The first kappa shape index (κ1) is 8.25. The van der Waals surface area contributed by atoms with Crippen LogP contribution in [0.25, 0.3) is 11.3 Å². The van der Waals surface area contributed by atoms with Crippen LogP contribution in [0.5, 0.6) is 0 Å². The molecule has 0 amide bonds. The van der Waals surface area contributed by atoms with Gasteiger partial charge in [-0.25, -0.2) is 4.98 Å². The van der Waals surface area contributed by atoms with Gasteiger partial charge in [0.1, 0.15) is 10.7 Å². The molecule has 0 aliphatic carbocycles. The monoisotopic (exact) mass is 194 g/mol. The number of anilines is 1. The maximum Gasteiger partial charge on any atom is 0.114 e. The zero-order valence-electron chi connectivity index (χ0n) is 7.48. The maximum absolute atomic E-state index is 5.80. The van der Waals surface area contributed by atoms with E-state index in [1.54, 1.807) is 10.9 Å². The lowest BCUT2D eigenvalue weighted by molar-refractivity contribution is 0.768. The van der Waals surface area contributed by atoms with Crippen LogP contribution in [0.4, 0.5) is 5.00 Å². The summed E-state index contributed by atoms with van der Waals surface area (Å²) in [6, 6.07) is 0. The number of nitrogens with zero attached hydrogens (tertiary/aromatic N) is 3. The van der Waals surface area contributed by atoms with Gasteiger partial charge in [0.05, 0.1) is 11.2 Å². The normalized spacial score (nSPS) is 10.6. The van der Waals surface area contributed by atoms with Crippen molar-refractivity contribution in [2.75, 3.05) is 5.73 Å². The summed E-state index contributed by atoms with van der Waals surface area (Å²) in [7, 11) is 1.87. The second kappa shape index (κ2) is 2.85. The molecule has 13 heavy (non-hydrogen) atoms. The molecule has 68 valence electrons. The quantitative estimate of drug-likeness (QED) is 0.747. The maximum atomic E-state index is 5.80. The Morgan fingerprint density at radius 3 is 2.77 bits per heavy atom. The first-order chi connectivity index (χ1) is 6.16. The lowest BCUT2D eigenvalue weighted by Crippen LogP contribution is -1.85. The fourth-order valence-electron chi connectivity index (χ4n) is 1.19. The second-order valence-electron chi connectivity index (χ2n) is 2.85. The molecule has 0 atom stereocenters. The minimum absolute atomic E-state index is 0.755. The number of hydrogen-bond acceptors (Lipinski definition) is 4. The van der Waals surface area contributed by atoms with E-state index in [1.807, 2.05) is 20.2 Å². The Labute approximate surface area is 80.0 Å². The van der Waals surface area contributed by atoms with Crippen LogP contribution in [-0.4, -0.2) is 14.8 Å². The zero-order chi connectivity index (χ0) is 9.42. The summed E-state index contributed by atoms with van der Waals surface area (Å²) >= 11 is 1.50. The van der Waals surface area contributed by atoms with Crippen molar-refractivity contribution in [3.8, 4) is 11.3 Å². The number of hydrogen-bond donors (Lipinski definition) is 1. The molecule has 0 saturated carbocycles. The van der Waals surface area contributed by atoms with Crippen LogP contribution in [0.15, 0.2) is 12.4 Å². The van der Waals surface area contributed by atoms with E-state index in [0.717, 1.165) is 21.3 Å². The van der Waals surface area contributed by atoms with Crippen LogP contribution >= 0.6 is 11.3 Å². The van der Waals surface area contributed by atoms with E-state index in [4.69, 9.17) is 5.73 Å². The molecular weight excluding hydrogens is 184 g/mol. The molecule has 2 rings (SSSR count). The van der Waals surface area contributed by atoms with E-state index in [0.29, 0.717) is 0 Å². The second-order valence-corrected chi connectivity index (χ2v) is 4.08. The topological polar surface area (TPSA) is 56.7 Å². The summed E-state index contributed by atoms with van der Waals surface area (Å²) in [6.07, 6.45) is 3.68. The number of aryl methyl sites for hydroxylation is 2. The molecule has 0 spiro atoms. The number of nitrogens with two attached hydrogens (primary N) is 1. The third-order valence-corrected chi connectivity index (χ3v) is 2.54. The van der Waals surface area contributed by atoms with E-state index < -0.39 is 0 Å². The molecule has 2 heterocycles. The fraction of sp³-hybridized carbons (Fsp3) is 0.250. The van der Waals surface area contributed by atoms with Crippen molar-refractivity contribution >= 4 is 16.3 Å². The number of nitrogen functional groups attached to an aromatic ring is 1. The third kappa shape index (κ3) is 1.42. The molecule has 0 aliphatic heterocycles. The van der Waals surface area contributed by atoms with Gasteiger partial charge in [0.2, 0.25) is 0 Å². The van der Waals surface area contributed by atoms with E-state index >= 15 is 0 Å². The van der Waals surface area contributed by atoms with Gasteiger partial charge in [-0.3, -0.25) is 4.68 Å². The van der Waals surface area contributed by atoms with Crippen LogP contribution in [0.2, 0.25) is 0 Å². The Morgan fingerprint density at radius 1 is 1.54 bits per heavy atom. The van der Waals surface area contributed by atoms with Crippen LogP contribution in [0.3, 0.4) is 0 Å². The Kier molecular flexibility index (Phi) is 1.81. The molecule has 0 unspecified atom stereocenters. The molecule has 2 aromatic heterocycles. The largest absolute Gasteiger partial charge is 0.389 e. The van der Waals surface area contributed by atoms with Gasteiger partial charge in [0.25, 0.3) is 0 Å². The van der Waals surface area contributed by atoms with Crippen molar-refractivity contribution in [2.24, 2.45) is 7.05 Å². The molecule has 4 nitrogen and oxygen atoms in total. The zero-order valence-corrected chi connectivity index (χ0v) is 8.30. The SMILES string of the molecule is Cc1nc(-c2cnn(C)c2)c(N)s1. The van der Waals surface area contributed by atoms with Crippen molar-refractivity contribution < 1.29 is 0 Å². The van der Waals surface area contributed by atoms with Crippen molar-refractivity contribution in [1.82, 2.24) is 14.8 Å². The van der Waals surface area contributed by atoms with E-state index in [1.165, 1.54) is 11.3 Å². The molecule has 2 aromatic rings. The number of thiazole rings is 1. The van der Waals surface area contributed by atoms with Gasteiger partial charge in [0.15, 0.2) is 0 Å². The van der Waals surface area contributed by atoms with Crippen molar-refractivity contribution in [3.05, 3.63) is 17.4 Å². The lowest BCUT2D eigenvalue weighted by Gasteiger charge is -1.90. The van der Waals surface area contributed by atoms with E-state index in [9.17, 15) is 0 Å². The van der Waals surface area contributed by atoms with Crippen molar-refractivity contribution in [3.63, 3.8) is 0 Å². The average Bonchev–Trinajstić information content (AvgIpc) is 2.58. The smallest absolute Gasteiger partial charge is 0.114 e. The minimum Gasteiger partial charge on any atom is -0.389 e. The molecule has 0 saturated heterocycles. The minimum atomic E-state index is 0.755. The Bertz CT molecular complexity index is 429. The van der Waals surface area contributed by atoms with Crippen LogP contribution in [0, 0.1) is 6.92 Å². The third-order valence-electron chi connectivity index (χ3n) is 1.74. The lowest BCUT2D eigenvalue weighted by atomic mass is 10.3. The number of rotatable bonds is 1. The van der Waals surface area contributed by atoms with Gasteiger partial charge >= 0.3 is 0 Å². The summed E-state index contributed by atoms with van der Waals surface area (Å²) in [5, 5.41) is 5.81. The summed E-state index contributed by atoms with van der Waals surface area (Å²) in [4.78, 5) is 4.33. The first-order valence-corrected chi connectivity index (χ1v) is 4.70. The molecule has 2 N–H and O–H groups in total. The standard InChI is InChI=1S/C8H10N4S/c1-5-11-7(8(9)13-5)6-3-10-12(2)4-6/h3-4H,9H2,1-2H3. The highest BCUT2D eigenvalue weighted by Crippen LogP contribution is 2.29. The summed E-state index contributed by atoms with van der Waals surface area (Å²) in [6.45, 7) is 1.95. The van der Waals surface area contributed by atoms with Gasteiger partial charge in [-0.05, 0) is 6.92 Å². The van der Waals surface area contributed by atoms with Crippen LogP contribution in [0.1, 0.15) is 5.01 Å². The molecule has 0 aliphatic rings. The molecule has 5 heteroatoms. The Morgan fingerprint density at radius 2 is 2.31 bits per heavy atom. The highest BCUT2D eigenvalue weighted by atomic mass is 32.1. The van der Waals surface area contributed by atoms with Crippen molar-refractivity contribution in [1.29, 1.82) is 0 Å².